The molecule has 1 aliphatic carbocycles. The summed E-state index contributed by atoms with van der Waals surface area (Å²) in [4.78, 5) is 23.9. The third-order valence-corrected chi connectivity index (χ3v) is 5.59. The van der Waals surface area contributed by atoms with Gasteiger partial charge in [0.15, 0.2) is 5.79 Å². The van der Waals surface area contributed by atoms with Crippen LogP contribution in [0, 0.1) is 11.3 Å². The molecule has 0 spiro atoms. The van der Waals surface area contributed by atoms with Crippen molar-refractivity contribution < 1.29 is 23.8 Å². The minimum atomic E-state index is -0.859. The molecule has 1 saturated heterocycles. The van der Waals surface area contributed by atoms with Gasteiger partial charge in [0.25, 0.3) is 0 Å². The van der Waals surface area contributed by atoms with E-state index in [1.807, 2.05) is 13.8 Å². The molecular formula is C14H23NO5. The summed E-state index contributed by atoms with van der Waals surface area (Å²) in [5.74, 6) is -1.80. The summed E-state index contributed by atoms with van der Waals surface area (Å²) in [5, 5.41) is 3.01. The van der Waals surface area contributed by atoms with Gasteiger partial charge in [-0.05, 0) is 13.3 Å². The first kappa shape index (κ1) is 15.3. The van der Waals surface area contributed by atoms with Crippen LogP contribution < -0.4 is 5.32 Å². The van der Waals surface area contributed by atoms with Crippen LogP contribution >= 0.6 is 0 Å². The predicted molar refractivity (Wildman–Crippen MR) is 70.8 cm³/mol. The van der Waals surface area contributed by atoms with Crippen LogP contribution in [0.15, 0.2) is 0 Å². The van der Waals surface area contributed by atoms with E-state index in [9.17, 15) is 9.59 Å². The van der Waals surface area contributed by atoms with E-state index in [0.29, 0.717) is 6.42 Å². The SMILES string of the molecule is COC(=O)CC1C(=O)NC2(C)C(OC)(OC)CCC12C. The number of nitrogens with one attached hydrogen (secondary N) is 1. The lowest BCUT2D eigenvalue weighted by molar-refractivity contribution is -0.245. The molecule has 0 aromatic rings. The van der Waals surface area contributed by atoms with Crippen LogP contribution in [-0.2, 0) is 23.8 Å². The minimum Gasteiger partial charge on any atom is -0.469 e. The second-order valence-electron chi connectivity index (χ2n) is 6.03. The van der Waals surface area contributed by atoms with Crippen LogP contribution in [0.25, 0.3) is 0 Å². The summed E-state index contributed by atoms with van der Waals surface area (Å²) in [7, 11) is 4.50. The van der Waals surface area contributed by atoms with Gasteiger partial charge in [-0.1, -0.05) is 6.92 Å². The highest BCUT2D eigenvalue weighted by atomic mass is 16.7. The standard InChI is InChI=1S/C14H23NO5/c1-12-6-7-14(19-4,20-5)13(12,2)15-11(17)9(12)8-10(16)18-3/h9H,6-8H2,1-5H3,(H,15,17). The highest BCUT2D eigenvalue weighted by Gasteiger charge is 2.72. The number of ether oxygens (including phenoxy) is 3. The molecule has 1 heterocycles. The number of rotatable bonds is 4. The maximum Gasteiger partial charge on any atom is 0.306 e. The van der Waals surface area contributed by atoms with Gasteiger partial charge in [-0.15, -0.1) is 0 Å². The summed E-state index contributed by atoms with van der Waals surface area (Å²) in [6, 6.07) is 0. The molecule has 1 aliphatic heterocycles. The number of fused-ring (bicyclic) bond motifs is 1. The largest absolute Gasteiger partial charge is 0.469 e. The van der Waals surface area contributed by atoms with Crippen molar-refractivity contribution in [2.45, 2.75) is 44.4 Å². The maximum atomic E-state index is 12.3. The topological polar surface area (TPSA) is 73.9 Å². The smallest absolute Gasteiger partial charge is 0.306 e. The monoisotopic (exact) mass is 285 g/mol. The Morgan fingerprint density at radius 1 is 1.25 bits per heavy atom. The fourth-order valence-electron chi connectivity index (χ4n) is 4.01. The second-order valence-corrected chi connectivity index (χ2v) is 6.03. The molecule has 0 bridgehead atoms. The molecular weight excluding hydrogens is 262 g/mol. The van der Waals surface area contributed by atoms with Crippen LogP contribution in [0.5, 0.6) is 0 Å². The highest BCUT2D eigenvalue weighted by Crippen LogP contribution is 2.61. The van der Waals surface area contributed by atoms with Gasteiger partial charge in [0.2, 0.25) is 5.91 Å². The van der Waals surface area contributed by atoms with Crippen molar-refractivity contribution >= 4 is 11.9 Å². The summed E-state index contributed by atoms with van der Waals surface area (Å²) < 4.78 is 15.9. The lowest BCUT2D eigenvalue weighted by Crippen LogP contribution is -2.62. The Balaban J connectivity index is 2.40. The van der Waals surface area contributed by atoms with E-state index < -0.39 is 22.7 Å². The number of hydrogen-bond acceptors (Lipinski definition) is 5. The average Bonchev–Trinajstić information content (AvgIpc) is 2.76. The molecule has 2 rings (SSSR count). The van der Waals surface area contributed by atoms with Crippen molar-refractivity contribution in [1.82, 2.24) is 5.32 Å². The van der Waals surface area contributed by atoms with Gasteiger partial charge in [0.1, 0.15) is 0 Å². The summed E-state index contributed by atoms with van der Waals surface area (Å²) >= 11 is 0. The van der Waals surface area contributed by atoms with E-state index >= 15 is 0 Å². The molecule has 3 unspecified atom stereocenters. The van der Waals surface area contributed by atoms with Crippen molar-refractivity contribution in [1.29, 1.82) is 0 Å². The van der Waals surface area contributed by atoms with Crippen LogP contribution in [0.1, 0.15) is 33.1 Å². The Morgan fingerprint density at radius 3 is 2.35 bits per heavy atom. The van der Waals surface area contributed by atoms with E-state index in [4.69, 9.17) is 14.2 Å². The minimum absolute atomic E-state index is 0.0813. The second kappa shape index (κ2) is 4.70. The Morgan fingerprint density at radius 2 is 1.85 bits per heavy atom. The molecule has 3 atom stereocenters. The zero-order valence-electron chi connectivity index (χ0n) is 12.7. The molecule has 1 saturated carbocycles. The lowest BCUT2D eigenvalue weighted by atomic mass is 9.67. The molecule has 0 radical (unpaired) electrons. The first-order valence-corrected chi connectivity index (χ1v) is 6.79. The van der Waals surface area contributed by atoms with Gasteiger partial charge in [-0.25, -0.2) is 0 Å². The fourth-order valence-corrected chi connectivity index (χ4v) is 4.01. The molecule has 1 amide bonds. The van der Waals surface area contributed by atoms with Crippen LogP contribution in [0.2, 0.25) is 0 Å². The summed E-state index contributed by atoms with van der Waals surface area (Å²) in [6.45, 7) is 3.94. The Labute approximate surface area is 119 Å². The van der Waals surface area contributed by atoms with Gasteiger partial charge in [-0.3, -0.25) is 9.59 Å². The van der Waals surface area contributed by atoms with E-state index in [0.717, 1.165) is 6.42 Å². The summed E-state index contributed by atoms with van der Waals surface area (Å²) in [5.41, 5.74) is -1.08. The Kier molecular flexibility index (Phi) is 3.59. The normalized spacial score (nSPS) is 38.5. The average molecular weight is 285 g/mol. The molecule has 114 valence electrons. The summed E-state index contributed by atoms with van der Waals surface area (Å²) in [6.07, 6.45) is 1.49. The zero-order valence-corrected chi connectivity index (χ0v) is 12.7. The van der Waals surface area contributed by atoms with E-state index in [2.05, 4.69) is 5.32 Å². The van der Waals surface area contributed by atoms with Crippen molar-refractivity contribution in [3.63, 3.8) is 0 Å². The molecule has 6 heteroatoms. The first-order chi connectivity index (χ1) is 9.30. The quantitative estimate of drug-likeness (QED) is 0.612. The number of esters is 1. The van der Waals surface area contributed by atoms with E-state index in [1.165, 1.54) is 7.11 Å². The fraction of sp³-hybridized carbons (Fsp3) is 0.857. The molecule has 0 aromatic heterocycles. The third-order valence-electron chi connectivity index (χ3n) is 5.59. The number of carbonyl (C=O) groups is 2. The zero-order chi connectivity index (χ0) is 15.2. The van der Waals surface area contributed by atoms with Crippen molar-refractivity contribution in [2.24, 2.45) is 11.3 Å². The number of methoxy groups -OCH3 is 3. The molecule has 20 heavy (non-hydrogen) atoms. The highest BCUT2D eigenvalue weighted by molar-refractivity contribution is 5.88. The molecule has 0 aromatic carbocycles. The first-order valence-electron chi connectivity index (χ1n) is 6.79. The Hall–Kier alpha value is -1.14. The predicted octanol–water partition coefficient (Wildman–Crippen LogP) is 0.843. The van der Waals surface area contributed by atoms with Gasteiger partial charge in [-0.2, -0.15) is 0 Å². The number of carbonyl (C=O) groups excluding carboxylic acids is 2. The van der Waals surface area contributed by atoms with Gasteiger partial charge < -0.3 is 19.5 Å². The van der Waals surface area contributed by atoms with Gasteiger partial charge in [0.05, 0.1) is 25.0 Å². The van der Waals surface area contributed by atoms with Crippen LogP contribution in [0.4, 0.5) is 0 Å². The number of hydrogen-bond donors (Lipinski definition) is 1. The maximum absolute atomic E-state index is 12.3. The lowest BCUT2D eigenvalue weighted by Gasteiger charge is -2.45. The van der Waals surface area contributed by atoms with Crippen molar-refractivity contribution in [2.75, 3.05) is 21.3 Å². The van der Waals surface area contributed by atoms with Crippen molar-refractivity contribution in [3.05, 3.63) is 0 Å². The molecule has 2 fully saturated rings. The third kappa shape index (κ3) is 1.64. The molecule has 1 N–H and O–H groups in total. The van der Waals surface area contributed by atoms with Gasteiger partial charge >= 0.3 is 5.97 Å². The van der Waals surface area contributed by atoms with E-state index in [-0.39, 0.29) is 18.3 Å². The van der Waals surface area contributed by atoms with Gasteiger partial charge in [0, 0.05) is 26.1 Å². The number of amides is 1. The van der Waals surface area contributed by atoms with E-state index in [1.54, 1.807) is 14.2 Å². The van der Waals surface area contributed by atoms with Crippen LogP contribution in [-0.4, -0.2) is 44.5 Å². The van der Waals surface area contributed by atoms with Crippen LogP contribution in [0.3, 0.4) is 0 Å². The molecule has 2 aliphatic rings. The Bertz CT molecular complexity index is 433. The van der Waals surface area contributed by atoms with Crippen molar-refractivity contribution in [3.8, 4) is 0 Å². The molecule has 6 nitrogen and oxygen atoms in total.